The Morgan fingerprint density at radius 1 is 1.27 bits per heavy atom. The lowest BCUT2D eigenvalue weighted by atomic mass is 10.1. The van der Waals surface area contributed by atoms with Crippen molar-refractivity contribution < 1.29 is 14.3 Å². The second-order valence-corrected chi connectivity index (χ2v) is 6.95. The SMILES string of the molecule is CCc1oc(C(=O)NC[C@@H](O)Cc2ccccc2)cc1CN1CCCC1. The number of nitrogens with zero attached hydrogens (tertiary/aromatic N) is 1. The quantitative estimate of drug-likeness (QED) is 0.763. The van der Waals surface area contributed by atoms with Crippen molar-refractivity contribution in [2.45, 2.75) is 45.3 Å². The summed E-state index contributed by atoms with van der Waals surface area (Å²) >= 11 is 0. The normalized spacial score (nSPS) is 15.9. The zero-order chi connectivity index (χ0) is 18.4. The molecule has 0 radical (unpaired) electrons. The molecule has 3 rings (SSSR count). The van der Waals surface area contributed by atoms with Crippen LogP contribution < -0.4 is 5.32 Å². The van der Waals surface area contributed by atoms with Crippen LogP contribution >= 0.6 is 0 Å². The number of carbonyl (C=O) groups excluding carboxylic acids is 1. The number of furan rings is 1. The molecule has 5 heteroatoms. The van der Waals surface area contributed by atoms with E-state index < -0.39 is 6.10 Å². The first kappa shape index (κ1) is 18.7. The van der Waals surface area contributed by atoms with Crippen LogP contribution in [-0.4, -0.2) is 41.7 Å². The number of carbonyl (C=O) groups is 1. The molecule has 2 aromatic rings. The Kier molecular flexibility index (Phi) is 6.47. The van der Waals surface area contributed by atoms with Gasteiger partial charge in [0.2, 0.25) is 0 Å². The van der Waals surface area contributed by atoms with Gasteiger partial charge in [0, 0.05) is 31.5 Å². The van der Waals surface area contributed by atoms with Crippen LogP contribution in [0, 0.1) is 0 Å². The third-order valence-electron chi connectivity index (χ3n) is 4.85. The average molecular weight is 356 g/mol. The fraction of sp³-hybridized carbons (Fsp3) is 0.476. The van der Waals surface area contributed by atoms with Gasteiger partial charge in [0.25, 0.3) is 5.91 Å². The van der Waals surface area contributed by atoms with Crippen molar-refractivity contribution in [1.29, 1.82) is 0 Å². The number of rotatable bonds is 8. The maximum atomic E-state index is 12.4. The summed E-state index contributed by atoms with van der Waals surface area (Å²) in [6.07, 6.45) is 3.15. The van der Waals surface area contributed by atoms with Crippen LogP contribution in [0.5, 0.6) is 0 Å². The highest BCUT2D eigenvalue weighted by Crippen LogP contribution is 2.20. The highest BCUT2D eigenvalue weighted by molar-refractivity contribution is 5.91. The molecule has 1 atom stereocenters. The molecule has 1 aliphatic rings. The molecular weight excluding hydrogens is 328 g/mol. The van der Waals surface area contributed by atoms with Crippen LogP contribution in [0.1, 0.15) is 47.2 Å². The Morgan fingerprint density at radius 2 is 2.00 bits per heavy atom. The van der Waals surface area contributed by atoms with E-state index in [0.29, 0.717) is 12.2 Å². The van der Waals surface area contributed by atoms with Gasteiger partial charge in [-0.2, -0.15) is 0 Å². The zero-order valence-electron chi connectivity index (χ0n) is 15.4. The fourth-order valence-corrected chi connectivity index (χ4v) is 3.45. The van der Waals surface area contributed by atoms with Crippen molar-refractivity contribution in [3.05, 3.63) is 59.0 Å². The molecule has 1 fully saturated rings. The van der Waals surface area contributed by atoms with E-state index in [2.05, 4.69) is 10.2 Å². The highest BCUT2D eigenvalue weighted by Gasteiger charge is 2.20. The Hall–Kier alpha value is -2.11. The summed E-state index contributed by atoms with van der Waals surface area (Å²) in [6, 6.07) is 11.6. The molecule has 0 spiro atoms. The maximum Gasteiger partial charge on any atom is 0.287 e. The topological polar surface area (TPSA) is 65.7 Å². The predicted octanol–water partition coefficient (Wildman–Crippen LogP) is 2.77. The predicted molar refractivity (Wildman–Crippen MR) is 101 cm³/mol. The first-order valence-electron chi connectivity index (χ1n) is 9.50. The van der Waals surface area contributed by atoms with E-state index in [4.69, 9.17) is 4.42 Å². The lowest BCUT2D eigenvalue weighted by Crippen LogP contribution is -2.33. The van der Waals surface area contributed by atoms with Crippen LogP contribution in [0.15, 0.2) is 40.8 Å². The standard InChI is InChI=1S/C21H28N2O3/c1-2-19-17(15-23-10-6-7-11-23)13-20(26-19)21(25)22-14-18(24)12-16-8-4-3-5-9-16/h3-5,8-9,13,18,24H,2,6-7,10-12,14-15H2,1H3,(H,22,25)/t18-/m0/s1. The molecule has 0 aliphatic carbocycles. The minimum Gasteiger partial charge on any atom is -0.456 e. The number of benzene rings is 1. The molecule has 26 heavy (non-hydrogen) atoms. The van der Waals surface area contributed by atoms with E-state index in [1.54, 1.807) is 0 Å². The summed E-state index contributed by atoms with van der Waals surface area (Å²) in [5, 5.41) is 12.9. The van der Waals surface area contributed by atoms with Crippen LogP contribution in [-0.2, 0) is 19.4 Å². The molecule has 1 aromatic carbocycles. The Labute approximate surface area is 155 Å². The summed E-state index contributed by atoms with van der Waals surface area (Å²) in [6.45, 7) is 5.31. The van der Waals surface area contributed by atoms with Crippen molar-refractivity contribution in [3.8, 4) is 0 Å². The first-order valence-corrected chi connectivity index (χ1v) is 9.50. The monoisotopic (exact) mass is 356 g/mol. The van der Waals surface area contributed by atoms with Crippen molar-refractivity contribution >= 4 is 5.91 Å². The van der Waals surface area contributed by atoms with Crippen molar-refractivity contribution in [3.63, 3.8) is 0 Å². The Morgan fingerprint density at radius 3 is 2.69 bits per heavy atom. The number of aliphatic hydroxyl groups is 1. The summed E-state index contributed by atoms with van der Waals surface area (Å²) in [7, 11) is 0. The van der Waals surface area contributed by atoms with Gasteiger partial charge in [-0.05, 0) is 37.6 Å². The Bertz CT molecular complexity index is 705. The van der Waals surface area contributed by atoms with Crippen molar-refractivity contribution in [2.24, 2.45) is 0 Å². The molecule has 2 N–H and O–H groups in total. The molecule has 2 heterocycles. The van der Waals surface area contributed by atoms with E-state index in [0.717, 1.165) is 42.9 Å². The largest absolute Gasteiger partial charge is 0.456 e. The van der Waals surface area contributed by atoms with E-state index >= 15 is 0 Å². The smallest absolute Gasteiger partial charge is 0.287 e. The van der Waals surface area contributed by atoms with Crippen LogP contribution in [0.4, 0.5) is 0 Å². The fourth-order valence-electron chi connectivity index (χ4n) is 3.45. The second-order valence-electron chi connectivity index (χ2n) is 6.95. The molecule has 1 aliphatic heterocycles. The van der Waals surface area contributed by atoms with Gasteiger partial charge in [0.1, 0.15) is 5.76 Å². The number of aryl methyl sites for hydroxylation is 1. The van der Waals surface area contributed by atoms with Gasteiger partial charge in [0.05, 0.1) is 6.10 Å². The summed E-state index contributed by atoms with van der Waals surface area (Å²) in [5.74, 6) is 0.953. The number of nitrogens with one attached hydrogen (secondary N) is 1. The number of likely N-dealkylation sites (tertiary alicyclic amines) is 1. The summed E-state index contributed by atoms with van der Waals surface area (Å²) < 4.78 is 5.77. The van der Waals surface area contributed by atoms with E-state index in [1.807, 2.05) is 43.3 Å². The molecule has 1 aromatic heterocycles. The molecular formula is C21H28N2O3. The second kappa shape index (κ2) is 9.01. The average Bonchev–Trinajstić information content (AvgIpc) is 3.30. The molecule has 140 valence electrons. The van der Waals surface area contributed by atoms with Gasteiger partial charge < -0.3 is 14.8 Å². The van der Waals surface area contributed by atoms with Crippen molar-refractivity contribution in [2.75, 3.05) is 19.6 Å². The van der Waals surface area contributed by atoms with Gasteiger partial charge in [-0.15, -0.1) is 0 Å². The third-order valence-corrected chi connectivity index (χ3v) is 4.85. The molecule has 0 unspecified atom stereocenters. The minimum absolute atomic E-state index is 0.206. The molecule has 0 saturated carbocycles. The first-order chi connectivity index (χ1) is 12.7. The molecule has 5 nitrogen and oxygen atoms in total. The summed E-state index contributed by atoms with van der Waals surface area (Å²) in [5.41, 5.74) is 2.15. The van der Waals surface area contributed by atoms with Crippen LogP contribution in [0.2, 0.25) is 0 Å². The van der Waals surface area contributed by atoms with Crippen LogP contribution in [0.3, 0.4) is 0 Å². The highest BCUT2D eigenvalue weighted by atomic mass is 16.4. The maximum absolute atomic E-state index is 12.4. The van der Waals surface area contributed by atoms with Gasteiger partial charge in [-0.25, -0.2) is 0 Å². The van der Waals surface area contributed by atoms with Crippen molar-refractivity contribution in [1.82, 2.24) is 10.2 Å². The number of amides is 1. The number of aliphatic hydroxyl groups excluding tert-OH is 1. The molecule has 0 bridgehead atoms. The van der Waals surface area contributed by atoms with E-state index in [1.165, 1.54) is 12.8 Å². The van der Waals surface area contributed by atoms with Gasteiger partial charge in [-0.3, -0.25) is 9.69 Å². The number of hydrogen-bond donors (Lipinski definition) is 2. The van der Waals surface area contributed by atoms with Gasteiger partial charge >= 0.3 is 0 Å². The summed E-state index contributed by atoms with van der Waals surface area (Å²) in [4.78, 5) is 14.8. The van der Waals surface area contributed by atoms with Gasteiger partial charge in [0.15, 0.2) is 5.76 Å². The minimum atomic E-state index is -0.619. The van der Waals surface area contributed by atoms with Crippen LogP contribution in [0.25, 0.3) is 0 Å². The lowest BCUT2D eigenvalue weighted by molar-refractivity contribution is 0.0887. The van der Waals surface area contributed by atoms with Gasteiger partial charge in [-0.1, -0.05) is 37.3 Å². The lowest BCUT2D eigenvalue weighted by Gasteiger charge is -2.13. The zero-order valence-corrected chi connectivity index (χ0v) is 15.4. The van der Waals surface area contributed by atoms with E-state index in [-0.39, 0.29) is 12.5 Å². The molecule has 1 saturated heterocycles. The Balaban J connectivity index is 1.54. The molecule has 1 amide bonds. The number of hydrogen-bond acceptors (Lipinski definition) is 4. The van der Waals surface area contributed by atoms with E-state index in [9.17, 15) is 9.90 Å². The third kappa shape index (κ3) is 4.96.